The normalized spacial score (nSPS) is 11.8. The minimum Gasteiger partial charge on any atom is -0.497 e. The second-order valence-corrected chi connectivity index (χ2v) is 4.47. The number of nitrogens with zero attached hydrogens (tertiary/aromatic N) is 2. The van der Waals surface area contributed by atoms with E-state index in [1.54, 1.807) is 13.2 Å². The molecule has 6 heteroatoms. The maximum absolute atomic E-state index is 5.38. The molecule has 0 saturated heterocycles. The van der Waals surface area contributed by atoms with E-state index in [1.807, 2.05) is 31.2 Å². The summed E-state index contributed by atoms with van der Waals surface area (Å²) >= 11 is 0. The molecule has 0 fully saturated rings. The van der Waals surface area contributed by atoms with Crippen LogP contribution in [0.1, 0.15) is 24.4 Å². The van der Waals surface area contributed by atoms with Crippen molar-refractivity contribution in [2.24, 2.45) is 5.84 Å². The number of nitrogens with two attached hydrogens (primary N) is 1. The van der Waals surface area contributed by atoms with Crippen LogP contribution in [0, 0.1) is 6.92 Å². The van der Waals surface area contributed by atoms with Crippen LogP contribution in [0.15, 0.2) is 30.3 Å². The largest absolute Gasteiger partial charge is 0.497 e. The Hall–Kier alpha value is -2.34. The smallest absolute Gasteiger partial charge is 0.145 e. The molecule has 0 aliphatic carbocycles. The van der Waals surface area contributed by atoms with Crippen LogP contribution in [-0.2, 0) is 0 Å². The molecule has 20 heavy (non-hydrogen) atoms. The third-order valence-electron chi connectivity index (χ3n) is 2.97. The molecule has 0 aliphatic rings. The Morgan fingerprint density at radius 1 is 1.15 bits per heavy atom. The quantitative estimate of drug-likeness (QED) is 0.572. The minimum absolute atomic E-state index is 0.112. The molecule has 1 unspecified atom stereocenters. The van der Waals surface area contributed by atoms with Gasteiger partial charge in [0.1, 0.15) is 23.2 Å². The van der Waals surface area contributed by atoms with E-state index in [-0.39, 0.29) is 6.04 Å². The van der Waals surface area contributed by atoms with E-state index in [1.165, 1.54) is 0 Å². The molecule has 2 aromatic rings. The third kappa shape index (κ3) is 3.36. The molecular formula is C14H19N5O. The van der Waals surface area contributed by atoms with Gasteiger partial charge in [-0.05, 0) is 31.5 Å². The van der Waals surface area contributed by atoms with Gasteiger partial charge in [0.15, 0.2) is 0 Å². The number of nitrogens with one attached hydrogen (secondary N) is 2. The molecule has 6 nitrogen and oxygen atoms in total. The van der Waals surface area contributed by atoms with E-state index in [4.69, 9.17) is 10.6 Å². The van der Waals surface area contributed by atoms with Crippen LogP contribution in [0.4, 0.5) is 11.6 Å². The van der Waals surface area contributed by atoms with Crippen molar-refractivity contribution >= 4 is 11.6 Å². The van der Waals surface area contributed by atoms with Gasteiger partial charge >= 0.3 is 0 Å². The Morgan fingerprint density at radius 2 is 1.80 bits per heavy atom. The molecular weight excluding hydrogens is 254 g/mol. The number of ether oxygens (including phenoxy) is 1. The molecule has 1 atom stereocenters. The summed E-state index contributed by atoms with van der Waals surface area (Å²) in [5.74, 6) is 8.19. The van der Waals surface area contributed by atoms with Gasteiger partial charge in [0, 0.05) is 12.1 Å². The zero-order valence-corrected chi connectivity index (χ0v) is 11.8. The predicted molar refractivity (Wildman–Crippen MR) is 79.6 cm³/mol. The molecule has 0 amide bonds. The van der Waals surface area contributed by atoms with Crippen LogP contribution < -0.4 is 21.3 Å². The SMILES string of the molecule is COc1ccc(C(C)Nc2cc(NN)nc(C)n2)cc1. The molecule has 0 bridgehead atoms. The maximum atomic E-state index is 5.38. The monoisotopic (exact) mass is 273 g/mol. The Kier molecular flexibility index (Phi) is 4.37. The van der Waals surface area contributed by atoms with E-state index < -0.39 is 0 Å². The first-order valence-corrected chi connectivity index (χ1v) is 6.35. The number of rotatable bonds is 5. The van der Waals surface area contributed by atoms with Gasteiger partial charge in [-0.3, -0.25) is 0 Å². The van der Waals surface area contributed by atoms with Gasteiger partial charge < -0.3 is 15.5 Å². The lowest BCUT2D eigenvalue weighted by Crippen LogP contribution is -2.13. The van der Waals surface area contributed by atoms with Crippen molar-refractivity contribution in [3.8, 4) is 5.75 Å². The zero-order valence-electron chi connectivity index (χ0n) is 11.8. The Morgan fingerprint density at radius 3 is 2.40 bits per heavy atom. The fraction of sp³-hybridized carbons (Fsp3) is 0.286. The van der Waals surface area contributed by atoms with Gasteiger partial charge in [-0.25, -0.2) is 15.8 Å². The Bertz CT molecular complexity index is 570. The number of hydrogen-bond acceptors (Lipinski definition) is 6. The highest BCUT2D eigenvalue weighted by molar-refractivity contribution is 5.48. The lowest BCUT2D eigenvalue weighted by molar-refractivity contribution is 0.414. The molecule has 0 spiro atoms. The van der Waals surface area contributed by atoms with E-state index in [2.05, 4.69) is 27.6 Å². The second kappa shape index (κ2) is 6.21. The summed E-state index contributed by atoms with van der Waals surface area (Å²) in [5, 5.41) is 3.32. The van der Waals surface area contributed by atoms with Gasteiger partial charge in [0.25, 0.3) is 0 Å². The van der Waals surface area contributed by atoms with E-state index in [0.717, 1.165) is 17.1 Å². The molecule has 0 radical (unpaired) electrons. The van der Waals surface area contributed by atoms with Crippen LogP contribution in [0.5, 0.6) is 5.75 Å². The second-order valence-electron chi connectivity index (χ2n) is 4.47. The molecule has 1 heterocycles. The number of hydrazine groups is 1. The maximum Gasteiger partial charge on any atom is 0.145 e. The van der Waals surface area contributed by atoms with Crippen LogP contribution in [0.2, 0.25) is 0 Å². The Labute approximate surface area is 118 Å². The standard InChI is InChI=1S/C14H19N5O/c1-9(11-4-6-12(20-3)7-5-11)16-13-8-14(19-15)18-10(2)17-13/h4-9H,15H2,1-3H3,(H2,16,17,18,19). The topological polar surface area (TPSA) is 85.1 Å². The van der Waals surface area contributed by atoms with Crippen molar-refractivity contribution in [2.45, 2.75) is 19.9 Å². The summed E-state index contributed by atoms with van der Waals surface area (Å²) in [5.41, 5.74) is 3.67. The summed E-state index contributed by atoms with van der Waals surface area (Å²) < 4.78 is 5.15. The average Bonchev–Trinajstić information content (AvgIpc) is 2.46. The van der Waals surface area contributed by atoms with Crippen LogP contribution in [-0.4, -0.2) is 17.1 Å². The first kappa shape index (κ1) is 14.1. The lowest BCUT2D eigenvalue weighted by Gasteiger charge is -2.16. The van der Waals surface area contributed by atoms with Gasteiger partial charge in [-0.1, -0.05) is 12.1 Å². The summed E-state index contributed by atoms with van der Waals surface area (Å²) in [7, 11) is 1.65. The first-order valence-electron chi connectivity index (χ1n) is 6.35. The zero-order chi connectivity index (χ0) is 14.5. The fourth-order valence-electron chi connectivity index (χ4n) is 1.91. The summed E-state index contributed by atoms with van der Waals surface area (Å²) in [6, 6.07) is 9.80. The van der Waals surface area contributed by atoms with E-state index in [9.17, 15) is 0 Å². The van der Waals surface area contributed by atoms with Gasteiger partial charge in [-0.2, -0.15) is 0 Å². The van der Waals surface area contributed by atoms with E-state index >= 15 is 0 Å². The molecule has 1 aromatic heterocycles. The summed E-state index contributed by atoms with van der Waals surface area (Å²) in [4.78, 5) is 8.49. The molecule has 2 rings (SSSR count). The molecule has 106 valence electrons. The fourth-order valence-corrected chi connectivity index (χ4v) is 1.91. The van der Waals surface area contributed by atoms with Gasteiger partial charge in [-0.15, -0.1) is 0 Å². The third-order valence-corrected chi connectivity index (χ3v) is 2.97. The summed E-state index contributed by atoms with van der Waals surface area (Å²) in [6.07, 6.45) is 0. The molecule has 1 aromatic carbocycles. The van der Waals surface area contributed by atoms with Crippen molar-refractivity contribution in [1.29, 1.82) is 0 Å². The summed E-state index contributed by atoms with van der Waals surface area (Å²) in [6.45, 7) is 3.89. The highest BCUT2D eigenvalue weighted by Crippen LogP contribution is 2.21. The van der Waals surface area contributed by atoms with E-state index in [0.29, 0.717) is 11.6 Å². The van der Waals surface area contributed by atoms with Gasteiger partial charge in [0.05, 0.1) is 7.11 Å². The number of hydrogen-bond donors (Lipinski definition) is 3. The number of methoxy groups -OCH3 is 1. The number of nitrogen functional groups attached to an aromatic ring is 1. The number of benzene rings is 1. The minimum atomic E-state index is 0.112. The number of aryl methyl sites for hydroxylation is 1. The van der Waals surface area contributed by atoms with Crippen molar-refractivity contribution in [2.75, 3.05) is 17.9 Å². The van der Waals surface area contributed by atoms with Crippen LogP contribution in [0.3, 0.4) is 0 Å². The predicted octanol–water partition coefficient (Wildman–Crippen LogP) is 2.25. The highest BCUT2D eigenvalue weighted by atomic mass is 16.5. The molecule has 0 aliphatic heterocycles. The van der Waals surface area contributed by atoms with Crippen molar-refractivity contribution < 1.29 is 4.74 Å². The first-order chi connectivity index (χ1) is 9.62. The van der Waals surface area contributed by atoms with Gasteiger partial charge in [0.2, 0.25) is 0 Å². The van der Waals surface area contributed by atoms with Crippen LogP contribution in [0.25, 0.3) is 0 Å². The highest BCUT2D eigenvalue weighted by Gasteiger charge is 2.08. The average molecular weight is 273 g/mol. The number of aromatic nitrogens is 2. The van der Waals surface area contributed by atoms with Crippen molar-refractivity contribution in [3.63, 3.8) is 0 Å². The Balaban J connectivity index is 2.13. The van der Waals surface area contributed by atoms with Crippen molar-refractivity contribution in [3.05, 3.63) is 41.7 Å². The lowest BCUT2D eigenvalue weighted by atomic mass is 10.1. The van der Waals surface area contributed by atoms with Crippen LogP contribution >= 0.6 is 0 Å². The molecule has 4 N–H and O–H groups in total. The number of anilines is 2. The van der Waals surface area contributed by atoms with Crippen molar-refractivity contribution in [1.82, 2.24) is 9.97 Å². The molecule has 0 saturated carbocycles.